The van der Waals surface area contributed by atoms with Gasteiger partial charge in [0.15, 0.2) is 0 Å². The van der Waals surface area contributed by atoms with Gasteiger partial charge >= 0.3 is 0 Å². The number of nitrogens with two attached hydrogens (primary N) is 1. The van der Waals surface area contributed by atoms with Gasteiger partial charge in [0.25, 0.3) is 0 Å². The van der Waals surface area contributed by atoms with Gasteiger partial charge in [0.2, 0.25) is 5.91 Å². The van der Waals surface area contributed by atoms with Crippen molar-refractivity contribution in [2.45, 2.75) is 24.3 Å². The number of carbonyl (C=O) groups is 2. The number of amides is 1. The fourth-order valence-corrected chi connectivity index (χ4v) is 4.69. The molecule has 0 aromatic rings. The van der Waals surface area contributed by atoms with E-state index in [0.717, 1.165) is 23.1 Å². The first-order valence-electron chi connectivity index (χ1n) is 6.90. The molecule has 3 aliphatic heterocycles. The number of fused-ring (bicyclic) bond motifs is 1. The van der Waals surface area contributed by atoms with Crippen molar-refractivity contribution < 1.29 is 19.2 Å². The summed E-state index contributed by atoms with van der Waals surface area (Å²) in [7, 11) is 2.15. The predicted octanol–water partition coefficient (Wildman–Crippen LogP) is -0.683. The molecule has 2 N–H and O–H groups in total. The van der Waals surface area contributed by atoms with Crippen molar-refractivity contribution >= 4 is 48.5 Å². The zero-order valence-corrected chi connectivity index (χ0v) is 14.8. The Balaban J connectivity index is 0.00000121. The standard InChI is InChI=1S/C13H19N3O3S.2ClH/c1-16(4-2-3-5-16)6-8-7-20-12-9(14)11(17)15(12)10(8)13(18)19;;/h9,12H,2-7,14H2,1H3;2*1H/t9-,12?;;/m1../s1. The second-order valence-electron chi connectivity index (χ2n) is 6.11. The first kappa shape index (κ1) is 19.6. The maximum absolute atomic E-state index is 11.8. The predicted molar refractivity (Wildman–Crippen MR) is 87.6 cm³/mol. The topological polar surface area (TPSA) is 86.5 Å². The molecule has 0 bridgehead atoms. The number of rotatable bonds is 3. The number of halogens is 2. The third-order valence-corrected chi connectivity index (χ3v) is 5.86. The molecule has 9 heteroatoms. The number of carboxylic acids is 1. The number of carbonyl (C=O) groups excluding carboxylic acids is 2. The van der Waals surface area contributed by atoms with Crippen molar-refractivity contribution in [3.63, 3.8) is 0 Å². The highest BCUT2D eigenvalue weighted by atomic mass is 35.5. The Morgan fingerprint density at radius 3 is 2.55 bits per heavy atom. The molecular formula is C13H21Cl2N3O3S. The average molecular weight is 370 g/mol. The van der Waals surface area contributed by atoms with Gasteiger partial charge in [0.05, 0.1) is 31.8 Å². The van der Waals surface area contributed by atoms with Crippen LogP contribution >= 0.6 is 36.6 Å². The molecule has 2 fully saturated rings. The lowest BCUT2D eigenvalue weighted by atomic mass is 10.0. The van der Waals surface area contributed by atoms with Gasteiger partial charge in [-0.05, 0) is 0 Å². The Labute approximate surface area is 146 Å². The number of quaternary nitrogens is 1. The van der Waals surface area contributed by atoms with Gasteiger partial charge in [-0.2, -0.15) is 0 Å². The quantitative estimate of drug-likeness (QED) is 0.525. The maximum atomic E-state index is 11.8. The van der Waals surface area contributed by atoms with Crippen LogP contribution in [0.5, 0.6) is 0 Å². The summed E-state index contributed by atoms with van der Waals surface area (Å²) in [5.41, 5.74) is 6.61. The summed E-state index contributed by atoms with van der Waals surface area (Å²) in [5, 5.41) is 11.2. The molecule has 3 heterocycles. The number of nitrogens with zero attached hydrogens (tertiary/aromatic N) is 2. The highest BCUT2D eigenvalue weighted by Crippen LogP contribution is 2.40. The average Bonchev–Trinajstić information content (AvgIpc) is 2.83. The molecule has 1 amide bonds. The fraction of sp³-hybridized carbons (Fsp3) is 0.692. The van der Waals surface area contributed by atoms with Crippen molar-refractivity contribution in [2.24, 2.45) is 5.73 Å². The summed E-state index contributed by atoms with van der Waals surface area (Å²) in [4.78, 5) is 24.6. The summed E-state index contributed by atoms with van der Waals surface area (Å²) in [6, 6.07) is -0.576. The monoisotopic (exact) mass is 369 g/mol. The molecule has 2 saturated heterocycles. The van der Waals surface area contributed by atoms with Gasteiger partial charge < -0.3 is 20.1 Å². The molecule has 0 aliphatic carbocycles. The van der Waals surface area contributed by atoms with Crippen LogP contribution in [0.2, 0.25) is 0 Å². The van der Waals surface area contributed by atoms with E-state index in [9.17, 15) is 14.7 Å². The Hall–Kier alpha value is -0.470. The van der Waals surface area contributed by atoms with Gasteiger partial charge in [-0.25, -0.2) is 0 Å². The molecule has 2 atom stereocenters. The zero-order chi connectivity index (χ0) is 14.5. The van der Waals surface area contributed by atoms with Crippen LogP contribution in [-0.2, 0) is 9.59 Å². The molecule has 22 heavy (non-hydrogen) atoms. The second kappa shape index (κ2) is 6.97. The van der Waals surface area contributed by atoms with Crippen molar-refractivity contribution in [1.29, 1.82) is 0 Å². The summed E-state index contributed by atoms with van der Waals surface area (Å²) >= 11 is 1.56. The summed E-state index contributed by atoms with van der Waals surface area (Å²) in [6.45, 7) is 2.80. The minimum Gasteiger partial charge on any atom is -0.543 e. The number of hydrogen-bond acceptors (Lipinski definition) is 5. The van der Waals surface area contributed by atoms with Crippen LogP contribution in [-0.4, -0.2) is 65.1 Å². The third kappa shape index (κ3) is 3.10. The first-order valence-corrected chi connectivity index (χ1v) is 7.95. The van der Waals surface area contributed by atoms with E-state index in [0.29, 0.717) is 12.3 Å². The largest absolute Gasteiger partial charge is 0.543 e. The highest BCUT2D eigenvalue weighted by molar-refractivity contribution is 8.00. The van der Waals surface area contributed by atoms with Crippen molar-refractivity contribution in [2.75, 3.05) is 32.4 Å². The number of likely N-dealkylation sites (N-methyl/N-ethyl adjacent to an activating group) is 1. The van der Waals surface area contributed by atoms with E-state index in [1.165, 1.54) is 17.7 Å². The Morgan fingerprint density at radius 1 is 1.41 bits per heavy atom. The van der Waals surface area contributed by atoms with Gasteiger partial charge in [-0.3, -0.25) is 9.69 Å². The number of likely N-dealkylation sites (tertiary alicyclic amines) is 1. The van der Waals surface area contributed by atoms with Crippen LogP contribution in [0.3, 0.4) is 0 Å². The van der Waals surface area contributed by atoms with Gasteiger partial charge in [-0.15, -0.1) is 36.6 Å². The minimum atomic E-state index is -1.25. The molecule has 0 aromatic carbocycles. The van der Waals surface area contributed by atoms with E-state index in [4.69, 9.17) is 5.73 Å². The summed E-state index contributed by atoms with van der Waals surface area (Å²) in [5.74, 6) is -0.932. The van der Waals surface area contributed by atoms with Crippen LogP contribution < -0.4 is 10.8 Å². The van der Waals surface area contributed by atoms with E-state index in [2.05, 4.69) is 7.05 Å². The van der Waals surface area contributed by atoms with Crippen LogP contribution in [0, 0.1) is 0 Å². The summed E-state index contributed by atoms with van der Waals surface area (Å²) < 4.78 is 0.853. The van der Waals surface area contributed by atoms with Crippen LogP contribution in [0.4, 0.5) is 0 Å². The van der Waals surface area contributed by atoms with E-state index in [-0.39, 0.29) is 41.8 Å². The lowest BCUT2D eigenvalue weighted by molar-refractivity contribution is -0.893. The van der Waals surface area contributed by atoms with Crippen LogP contribution in [0.1, 0.15) is 12.8 Å². The molecule has 0 saturated carbocycles. The van der Waals surface area contributed by atoms with E-state index in [1.54, 1.807) is 11.8 Å². The number of β-lactam (4-membered cyclic amide) rings is 1. The Bertz CT molecular complexity index is 509. The highest BCUT2D eigenvalue weighted by Gasteiger charge is 2.50. The lowest BCUT2D eigenvalue weighted by Crippen LogP contribution is -2.69. The number of aliphatic carboxylic acids is 1. The number of thioether (sulfide) groups is 1. The van der Waals surface area contributed by atoms with Crippen molar-refractivity contribution in [3.8, 4) is 0 Å². The molecule has 3 rings (SSSR count). The van der Waals surface area contributed by atoms with Crippen molar-refractivity contribution in [1.82, 2.24) is 4.90 Å². The molecule has 0 aromatic heterocycles. The molecule has 126 valence electrons. The van der Waals surface area contributed by atoms with E-state index in [1.807, 2.05) is 0 Å². The summed E-state index contributed by atoms with van der Waals surface area (Å²) in [6.07, 6.45) is 2.35. The zero-order valence-electron chi connectivity index (χ0n) is 12.3. The fourth-order valence-electron chi connectivity index (χ4n) is 3.41. The first-order chi connectivity index (χ1) is 9.43. The molecule has 3 aliphatic rings. The number of hydrogen-bond donors (Lipinski definition) is 1. The second-order valence-corrected chi connectivity index (χ2v) is 7.21. The van der Waals surface area contributed by atoms with Gasteiger partial charge in [0.1, 0.15) is 18.0 Å². The maximum Gasteiger partial charge on any atom is 0.248 e. The third-order valence-electron chi connectivity index (χ3n) is 4.50. The lowest BCUT2D eigenvalue weighted by Gasteiger charge is -2.50. The van der Waals surface area contributed by atoms with Gasteiger partial charge in [-0.1, -0.05) is 0 Å². The number of carboxylic acid groups (broad SMARTS) is 1. The molecule has 0 spiro atoms. The molecule has 0 radical (unpaired) electrons. The normalized spacial score (nSPS) is 29.2. The minimum absolute atomic E-state index is 0. The molecule has 1 unspecified atom stereocenters. The molecular weight excluding hydrogens is 349 g/mol. The van der Waals surface area contributed by atoms with Crippen LogP contribution in [0.15, 0.2) is 11.3 Å². The Morgan fingerprint density at radius 2 is 2.00 bits per heavy atom. The Kier molecular flexibility index (Phi) is 6.20. The molecule has 6 nitrogen and oxygen atoms in total. The van der Waals surface area contributed by atoms with E-state index >= 15 is 0 Å². The van der Waals surface area contributed by atoms with E-state index < -0.39 is 12.0 Å². The van der Waals surface area contributed by atoms with Gasteiger partial charge in [0, 0.05) is 24.2 Å². The SMILES string of the molecule is C[N+]1(CC2=C(C(=O)[O-])N3C(=O)[C@@H](N)C3SC2)CCCC1.Cl.Cl. The smallest absolute Gasteiger partial charge is 0.248 e. The van der Waals surface area contributed by atoms with Crippen molar-refractivity contribution in [3.05, 3.63) is 11.3 Å². The van der Waals surface area contributed by atoms with Crippen LogP contribution in [0.25, 0.3) is 0 Å².